The fraction of sp³-hybridized carbons (Fsp3) is 0. The highest BCUT2D eigenvalue weighted by Gasteiger charge is 2.21. The van der Waals surface area contributed by atoms with E-state index in [1.54, 1.807) is 0 Å². The zero-order valence-corrected chi connectivity index (χ0v) is 34.3. The number of fused-ring (bicyclic) bond motifs is 7. The molecule has 0 aliphatic carbocycles. The highest BCUT2D eigenvalue weighted by Crippen LogP contribution is 2.44. The summed E-state index contributed by atoms with van der Waals surface area (Å²) in [5.41, 5.74) is 13.0. The first kappa shape index (κ1) is 35.9. The Kier molecular flexibility index (Phi) is 8.65. The van der Waals surface area contributed by atoms with Crippen LogP contribution in [0.2, 0.25) is 0 Å². The smallest absolute Gasteiger partial charge is 0.164 e. The molecule has 3 aromatic heterocycles. The van der Waals surface area contributed by atoms with Crippen molar-refractivity contribution in [2.75, 3.05) is 0 Å². The van der Waals surface area contributed by atoms with E-state index in [0.29, 0.717) is 17.5 Å². The summed E-state index contributed by atoms with van der Waals surface area (Å²) in [6.45, 7) is 0. The monoisotopic (exact) mass is 808 g/mol. The Morgan fingerprint density at radius 2 is 0.855 bits per heavy atom. The molecule has 0 saturated carbocycles. The minimum Gasteiger partial charge on any atom is -0.308 e. The predicted octanol–water partition coefficient (Wildman–Crippen LogP) is 15.3. The summed E-state index contributed by atoms with van der Waals surface area (Å²) in [4.78, 5) is 15.7. The van der Waals surface area contributed by atoms with Gasteiger partial charge in [-0.15, -0.1) is 11.3 Å². The Bertz CT molecular complexity index is 3630. The molecule has 0 spiro atoms. The first-order valence-corrected chi connectivity index (χ1v) is 21.7. The largest absolute Gasteiger partial charge is 0.308 e. The van der Waals surface area contributed by atoms with E-state index in [4.69, 9.17) is 15.0 Å². The molecule has 0 amide bonds. The van der Waals surface area contributed by atoms with Gasteiger partial charge in [-0.05, 0) is 75.8 Å². The summed E-state index contributed by atoms with van der Waals surface area (Å²) >= 11 is 1.87. The van der Waals surface area contributed by atoms with Gasteiger partial charge in [0.15, 0.2) is 17.5 Å². The quantitative estimate of drug-likeness (QED) is 0.161. The van der Waals surface area contributed by atoms with Crippen molar-refractivity contribution in [1.82, 2.24) is 19.5 Å². The fourth-order valence-electron chi connectivity index (χ4n) is 8.91. The SMILES string of the molecule is c1ccc(-c2cccc(-c3cccc(-c4nc(-c5ccccc5)nc(-c5ccc(-n6c7ccccc7c7ccc8c9ccccc9sc8c76)cc5-c5ccccc5)n4)c3)c2)cc1. The molecule has 0 unspecified atom stereocenters. The van der Waals surface area contributed by atoms with Gasteiger partial charge in [-0.2, -0.15) is 0 Å². The molecule has 0 bridgehead atoms. The lowest BCUT2D eigenvalue weighted by Crippen LogP contribution is -2.02. The maximum Gasteiger partial charge on any atom is 0.164 e. The topological polar surface area (TPSA) is 43.6 Å². The first-order valence-electron chi connectivity index (χ1n) is 20.8. The Morgan fingerprint density at radius 1 is 0.323 bits per heavy atom. The van der Waals surface area contributed by atoms with E-state index in [2.05, 4.69) is 205 Å². The van der Waals surface area contributed by atoms with Crippen LogP contribution in [0.3, 0.4) is 0 Å². The number of benzene rings is 9. The van der Waals surface area contributed by atoms with E-state index < -0.39 is 0 Å². The number of hydrogen-bond donors (Lipinski definition) is 0. The van der Waals surface area contributed by atoms with Crippen LogP contribution < -0.4 is 0 Å². The summed E-state index contributed by atoms with van der Waals surface area (Å²) in [6, 6.07) is 77.4. The molecule has 9 aromatic carbocycles. The Morgan fingerprint density at radius 3 is 1.60 bits per heavy atom. The minimum absolute atomic E-state index is 0.616. The second-order valence-corrected chi connectivity index (χ2v) is 16.6. The molecular formula is C57H36N4S. The Balaban J connectivity index is 1.06. The van der Waals surface area contributed by atoms with Gasteiger partial charge in [0.25, 0.3) is 0 Å². The number of nitrogens with zero attached hydrogens (tertiary/aromatic N) is 4. The van der Waals surface area contributed by atoms with Gasteiger partial charge in [0.05, 0.1) is 15.7 Å². The van der Waals surface area contributed by atoms with Crippen LogP contribution in [0.25, 0.3) is 115 Å². The molecular weight excluding hydrogens is 773 g/mol. The van der Waals surface area contributed by atoms with Gasteiger partial charge in [0.1, 0.15) is 0 Å². The van der Waals surface area contributed by atoms with Gasteiger partial charge >= 0.3 is 0 Å². The van der Waals surface area contributed by atoms with Crippen molar-refractivity contribution < 1.29 is 0 Å². The molecule has 62 heavy (non-hydrogen) atoms. The molecule has 0 aliphatic heterocycles. The highest BCUT2D eigenvalue weighted by atomic mass is 32.1. The van der Waals surface area contributed by atoms with Crippen molar-refractivity contribution in [3.63, 3.8) is 0 Å². The van der Waals surface area contributed by atoms with Gasteiger partial charge in [-0.25, -0.2) is 15.0 Å². The van der Waals surface area contributed by atoms with E-state index in [-0.39, 0.29) is 0 Å². The van der Waals surface area contributed by atoms with Gasteiger partial charge in [0.2, 0.25) is 0 Å². The van der Waals surface area contributed by atoms with E-state index >= 15 is 0 Å². The molecule has 0 atom stereocenters. The summed E-state index contributed by atoms with van der Waals surface area (Å²) in [7, 11) is 0. The van der Waals surface area contributed by atoms with Crippen molar-refractivity contribution >= 4 is 53.3 Å². The van der Waals surface area contributed by atoms with Crippen molar-refractivity contribution in [3.8, 4) is 73.2 Å². The van der Waals surface area contributed by atoms with Crippen LogP contribution in [-0.2, 0) is 0 Å². The van der Waals surface area contributed by atoms with Crippen molar-refractivity contribution in [2.45, 2.75) is 0 Å². The van der Waals surface area contributed by atoms with Crippen LogP contribution in [0.5, 0.6) is 0 Å². The average molecular weight is 809 g/mol. The first-order chi connectivity index (χ1) is 30.7. The van der Waals surface area contributed by atoms with Crippen LogP contribution in [0.1, 0.15) is 0 Å². The van der Waals surface area contributed by atoms with Gasteiger partial charge in [0, 0.05) is 48.6 Å². The number of aromatic nitrogens is 4. The lowest BCUT2D eigenvalue weighted by atomic mass is 9.97. The molecule has 0 saturated heterocycles. The van der Waals surface area contributed by atoms with Crippen molar-refractivity contribution in [1.29, 1.82) is 0 Å². The maximum atomic E-state index is 5.32. The van der Waals surface area contributed by atoms with E-state index in [1.165, 1.54) is 53.1 Å². The van der Waals surface area contributed by atoms with Crippen molar-refractivity contribution in [2.24, 2.45) is 0 Å². The molecule has 12 aromatic rings. The van der Waals surface area contributed by atoms with Gasteiger partial charge in [-0.1, -0.05) is 176 Å². The standard InChI is InChI=1S/C57H36N4S/c1-4-16-37(17-5-1)40-22-14-23-41(34-40)42-24-15-25-43(35-42)56-58-55(39-20-8-3-9-21-39)59-57(60-56)49-31-30-44(36-50(49)38-18-6-2-7-19-38)61-51-28-12-10-26-45(51)47-32-33-48-46-27-11-13-29-52(46)62-54(48)53(47)61/h1-36H. The number of hydrogen-bond acceptors (Lipinski definition) is 4. The molecule has 290 valence electrons. The number of rotatable bonds is 7. The second kappa shape index (κ2) is 14.9. The molecule has 4 nitrogen and oxygen atoms in total. The molecule has 0 aliphatic rings. The normalized spacial score (nSPS) is 11.5. The summed E-state index contributed by atoms with van der Waals surface area (Å²) in [6.07, 6.45) is 0. The summed E-state index contributed by atoms with van der Waals surface area (Å²) in [5, 5.41) is 5.04. The average Bonchev–Trinajstić information content (AvgIpc) is 3.91. The van der Waals surface area contributed by atoms with Gasteiger partial charge < -0.3 is 4.57 Å². The molecule has 0 radical (unpaired) electrons. The summed E-state index contributed by atoms with van der Waals surface area (Å²) < 4.78 is 5.03. The highest BCUT2D eigenvalue weighted by molar-refractivity contribution is 7.26. The van der Waals surface area contributed by atoms with E-state index in [1.807, 2.05) is 29.5 Å². The number of para-hydroxylation sites is 1. The van der Waals surface area contributed by atoms with Crippen LogP contribution >= 0.6 is 11.3 Å². The molecule has 0 N–H and O–H groups in total. The predicted molar refractivity (Wildman–Crippen MR) is 260 cm³/mol. The zero-order chi connectivity index (χ0) is 41.0. The van der Waals surface area contributed by atoms with Gasteiger partial charge in [-0.3, -0.25) is 0 Å². The third-order valence-electron chi connectivity index (χ3n) is 11.9. The molecule has 0 fully saturated rings. The van der Waals surface area contributed by atoms with Crippen LogP contribution in [-0.4, -0.2) is 19.5 Å². The minimum atomic E-state index is 0.616. The maximum absolute atomic E-state index is 5.32. The molecule has 3 heterocycles. The van der Waals surface area contributed by atoms with Crippen molar-refractivity contribution in [3.05, 3.63) is 218 Å². The number of thiophene rings is 1. The van der Waals surface area contributed by atoms with Crippen LogP contribution in [0, 0.1) is 0 Å². The lowest BCUT2D eigenvalue weighted by Gasteiger charge is -2.16. The molecule has 5 heteroatoms. The third kappa shape index (κ3) is 6.18. The Hall–Kier alpha value is -7.99. The van der Waals surface area contributed by atoms with E-state index in [0.717, 1.165) is 44.6 Å². The third-order valence-corrected chi connectivity index (χ3v) is 13.1. The zero-order valence-electron chi connectivity index (χ0n) is 33.5. The fourth-order valence-corrected chi connectivity index (χ4v) is 10.2. The Labute approximate surface area is 362 Å². The lowest BCUT2D eigenvalue weighted by molar-refractivity contribution is 1.07. The van der Waals surface area contributed by atoms with E-state index in [9.17, 15) is 0 Å². The summed E-state index contributed by atoms with van der Waals surface area (Å²) in [5.74, 6) is 1.86. The second-order valence-electron chi connectivity index (χ2n) is 15.6. The van der Waals surface area contributed by atoms with Crippen LogP contribution in [0.15, 0.2) is 218 Å². The molecule has 12 rings (SSSR count). The van der Waals surface area contributed by atoms with Crippen LogP contribution in [0.4, 0.5) is 0 Å².